The van der Waals surface area contributed by atoms with Crippen LogP contribution < -0.4 is 10.6 Å². The van der Waals surface area contributed by atoms with Crippen molar-refractivity contribution in [3.05, 3.63) is 17.0 Å². The van der Waals surface area contributed by atoms with Crippen molar-refractivity contribution in [2.75, 3.05) is 13.1 Å². The first-order valence-electron chi connectivity index (χ1n) is 7.47. The molecule has 2 atom stereocenters. The molecule has 0 aromatic carbocycles. The normalized spacial score (nSPS) is 19.7. The third-order valence-electron chi connectivity index (χ3n) is 4.29. The van der Waals surface area contributed by atoms with Gasteiger partial charge in [0.15, 0.2) is 0 Å². The molecule has 1 aromatic rings. The van der Waals surface area contributed by atoms with E-state index in [0.717, 1.165) is 30.1 Å². The molecule has 2 rings (SSSR count). The fourth-order valence-electron chi connectivity index (χ4n) is 2.84. The Morgan fingerprint density at radius 2 is 2.29 bits per heavy atom. The van der Waals surface area contributed by atoms with Crippen LogP contribution in [0.2, 0.25) is 0 Å². The van der Waals surface area contributed by atoms with Gasteiger partial charge in [0.25, 0.3) is 0 Å². The molecule has 1 fully saturated rings. The topological polar surface area (TPSA) is 67.2 Å². The largest absolute Gasteiger partial charge is 0.361 e. The first-order chi connectivity index (χ1) is 9.58. The third kappa shape index (κ3) is 5.00. The van der Waals surface area contributed by atoms with Gasteiger partial charge in [0, 0.05) is 18.5 Å². The van der Waals surface area contributed by atoms with Crippen molar-refractivity contribution in [1.29, 1.82) is 0 Å². The molecule has 0 bridgehead atoms. The Morgan fingerprint density at radius 3 is 2.86 bits per heavy atom. The number of aromatic nitrogens is 1. The van der Waals surface area contributed by atoms with Gasteiger partial charge in [0.1, 0.15) is 5.76 Å². The van der Waals surface area contributed by atoms with E-state index in [-0.39, 0.29) is 18.3 Å². The Kier molecular flexibility index (Phi) is 7.18. The number of nitrogens with zero attached hydrogens (tertiary/aromatic N) is 1. The quantitative estimate of drug-likeness (QED) is 0.875. The van der Waals surface area contributed by atoms with Gasteiger partial charge in [0.05, 0.1) is 5.69 Å². The fraction of sp³-hybridized carbons (Fsp3) is 0.733. The molecule has 1 aromatic heterocycles. The van der Waals surface area contributed by atoms with Gasteiger partial charge in [-0.15, -0.1) is 12.4 Å². The fourth-order valence-corrected chi connectivity index (χ4v) is 2.84. The second kappa shape index (κ2) is 8.39. The van der Waals surface area contributed by atoms with Crippen LogP contribution in [0.1, 0.15) is 43.2 Å². The molecule has 0 spiro atoms. The first kappa shape index (κ1) is 18.0. The predicted octanol–water partition coefficient (Wildman–Crippen LogP) is 2.36. The van der Waals surface area contributed by atoms with Crippen LogP contribution in [0.15, 0.2) is 4.52 Å². The average molecular weight is 316 g/mol. The SMILES string of the molecule is Cc1noc(C)c1CNC(=O)CC(C)C1CCCNC1.Cl. The Labute approximate surface area is 132 Å². The number of carbonyl (C=O) groups is 1. The van der Waals surface area contributed by atoms with Gasteiger partial charge in [-0.3, -0.25) is 4.79 Å². The van der Waals surface area contributed by atoms with E-state index in [1.807, 2.05) is 13.8 Å². The second-order valence-electron chi connectivity index (χ2n) is 5.87. The lowest BCUT2D eigenvalue weighted by molar-refractivity contribution is -0.122. The molecule has 0 saturated carbocycles. The summed E-state index contributed by atoms with van der Waals surface area (Å²) in [6.45, 7) is 8.61. The molecule has 2 unspecified atom stereocenters. The van der Waals surface area contributed by atoms with E-state index in [0.29, 0.717) is 24.8 Å². The van der Waals surface area contributed by atoms with Gasteiger partial charge in [0.2, 0.25) is 5.91 Å². The van der Waals surface area contributed by atoms with E-state index in [4.69, 9.17) is 4.52 Å². The van der Waals surface area contributed by atoms with Crippen molar-refractivity contribution < 1.29 is 9.32 Å². The summed E-state index contributed by atoms with van der Waals surface area (Å²) in [5.74, 6) is 1.94. The summed E-state index contributed by atoms with van der Waals surface area (Å²) in [6, 6.07) is 0. The molecule has 2 N–H and O–H groups in total. The Balaban J connectivity index is 0.00000220. The molecular formula is C15H26ClN3O2. The number of nitrogens with one attached hydrogen (secondary N) is 2. The van der Waals surface area contributed by atoms with Crippen molar-refractivity contribution in [3.8, 4) is 0 Å². The van der Waals surface area contributed by atoms with E-state index in [1.54, 1.807) is 0 Å². The van der Waals surface area contributed by atoms with E-state index in [1.165, 1.54) is 12.8 Å². The smallest absolute Gasteiger partial charge is 0.220 e. The zero-order valence-corrected chi connectivity index (χ0v) is 13.9. The lowest BCUT2D eigenvalue weighted by Gasteiger charge is -2.28. The van der Waals surface area contributed by atoms with Gasteiger partial charge in [-0.05, 0) is 51.6 Å². The molecule has 120 valence electrons. The number of amides is 1. The lowest BCUT2D eigenvalue weighted by Crippen LogP contribution is -2.35. The van der Waals surface area contributed by atoms with Crippen molar-refractivity contribution in [3.63, 3.8) is 0 Å². The van der Waals surface area contributed by atoms with Crippen LogP contribution >= 0.6 is 12.4 Å². The monoisotopic (exact) mass is 315 g/mol. The summed E-state index contributed by atoms with van der Waals surface area (Å²) in [4.78, 5) is 12.0. The zero-order valence-electron chi connectivity index (χ0n) is 13.1. The highest BCUT2D eigenvalue weighted by molar-refractivity contribution is 5.85. The van der Waals surface area contributed by atoms with Crippen molar-refractivity contribution in [1.82, 2.24) is 15.8 Å². The van der Waals surface area contributed by atoms with Crippen LogP contribution in [0.25, 0.3) is 0 Å². The van der Waals surface area contributed by atoms with E-state index in [2.05, 4.69) is 22.7 Å². The number of rotatable bonds is 5. The number of carbonyl (C=O) groups excluding carboxylic acids is 1. The zero-order chi connectivity index (χ0) is 14.5. The van der Waals surface area contributed by atoms with Crippen molar-refractivity contribution >= 4 is 18.3 Å². The van der Waals surface area contributed by atoms with Crippen LogP contribution in [0, 0.1) is 25.7 Å². The van der Waals surface area contributed by atoms with Crippen molar-refractivity contribution in [2.45, 2.75) is 46.6 Å². The first-order valence-corrected chi connectivity index (χ1v) is 7.47. The van der Waals surface area contributed by atoms with Gasteiger partial charge >= 0.3 is 0 Å². The van der Waals surface area contributed by atoms with Gasteiger partial charge < -0.3 is 15.2 Å². The minimum atomic E-state index is 0. The highest BCUT2D eigenvalue weighted by Gasteiger charge is 2.22. The maximum absolute atomic E-state index is 12.0. The summed E-state index contributed by atoms with van der Waals surface area (Å²) < 4.78 is 5.09. The lowest BCUT2D eigenvalue weighted by atomic mass is 9.85. The van der Waals surface area contributed by atoms with Crippen LogP contribution in [0.5, 0.6) is 0 Å². The summed E-state index contributed by atoms with van der Waals surface area (Å²) in [5, 5.41) is 10.3. The number of hydrogen-bond acceptors (Lipinski definition) is 4. The Bertz CT molecular complexity index is 436. The molecule has 21 heavy (non-hydrogen) atoms. The van der Waals surface area contributed by atoms with Crippen LogP contribution in [0.4, 0.5) is 0 Å². The Hall–Kier alpha value is -1.07. The maximum atomic E-state index is 12.0. The standard InChI is InChI=1S/C15H25N3O2.ClH/c1-10(13-5-4-6-16-8-13)7-15(19)17-9-14-11(2)18-20-12(14)3;/h10,13,16H,4-9H2,1-3H3,(H,17,19);1H. The highest BCUT2D eigenvalue weighted by Crippen LogP contribution is 2.22. The molecule has 1 saturated heterocycles. The number of hydrogen-bond donors (Lipinski definition) is 2. The maximum Gasteiger partial charge on any atom is 0.220 e. The number of halogens is 1. The average Bonchev–Trinajstić information content (AvgIpc) is 2.77. The van der Waals surface area contributed by atoms with E-state index in [9.17, 15) is 4.79 Å². The second-order valence-corrected chi connectivity index (χ2v) is 5.87. The molecule has 5 nitrogen and oxygen atoms in total. The van der Waals surface area contributed by atoms with E-state index >= 15 is 0 Å². The van der Waals surface area contributed by atoms with E-state index < -0.39 is 0 Å². The summed E-state index contributed by atoms with van der Waals surface area (Å²) >= 11 is 0. The van der Waals surface area contributed by atoms with Crippen LogP contribution in [0.3, 0.4) is 0 Å². The highest BCUT2D eigenvalue weighted by atomic mass is 35.5. The molecule has 1 aliphatic rings. The molecule has 0 aliphatic carbocycles. The molecular weight excluding hydrogens is 290 g/mol. The van der Waals surface area contributed by atoms with Crippen molar-refractivity contribution in [2.24, 2.45) is 11.8 Å². The molecule has 2 heterocycles. The third-order valence-corrected chi connectivity index (χ3v) is 4.29. The molecule has 6 heteroatoms. The molecule has 0 radical (unpaired) electrons. The Morgan fingerprint density at radius 1 is 1.52 bits per heavy atom. The number of aryl methyl sites for hydroxylation is 2. The van der Waals surface area contributed by atoms with Gasteiger partial charge in [-0.2, -0.15) is 0 Å². The molecule has 1 aliphatic heterocycles. The van der Waals surface area contributed by atoms with Gasteiger partial charge in [-0.25, -0.2) is 0 Å². The summed E-state index contributed by atoms with van der Waals surface area (Å²) in [6.07, 6.45) is 3.04. The minimum absolute atomic E-state index is 0. The van der Waals surface area contributed by atoms with Crippen LogP contribution in [-0.2, 0) is 11.3 Å². The minimum Gasteiger partial charge on any atom is -0.361 e. The summed E-state index contributed by atoms with van der Waals surface area (Å²) in [5.41, 5.74) is 1.85. The predicted molar refractivity (Wildman–Crippen MR) is 84.4 cm³/mol. The van der Waals surface area contributed by atoms with Gasteiger partial charge in [-0.1, -0.05) is 12.1 Å². The molecule has 1 amide bonds. The number of piperidine rings is 1. The van der Waals surface area contributed by atoms with Crippen LogP contribution in [-0.4, -0.2) is 24.2 Å². The summed E-state index contributed by atoms with van der Waals surface area (Å²) in [7, 11) is 0.